The third kappa shape index (κ3) is 3.09. The fourth-order valence-corrected chi connectivity index (χ4v) is 3.00. The summed E-state index contributed by atoms with van der Waals surface area (Å²) in [6.45, 7) is 4.90. The Labute approximate surface area is 140 Å². The lowest BCUT2D eigenvalue weighted by Gasteiger charge is -2.34. The van der Waals surface area contributed by atoms with Gasteiger partial charge in [0.25, 0.3) is 5.91 Å². The molecule has 0 unspecified atom stereocenters. The van der Waals surface area contributed by atoms with Crippen LogP contribution in [0.1, 0.15) is 16.1 Å². The Bertz CT molecular complexity index is 776. The van der Waals surface area contributed by atoms with Crippen LogP contribution in [0.2, 0.25) is 0 Å². The third-order valence-electron chi connectivity index (χ3n) is 4.42. The van der Waals surface area contributed by atoms with Crippen LogP contribution in [0.5, 0.6) is 0 Å². The van der Waals surface area contributed by atoms with Gasteiger partial charge in [-0.3, -0.25) is 19.2 Å². The second-order valence-corrected chi connectivity index (χ2v) is 6.05. The lowest BCUT2D eigenvalue weighted by Crippen LogP contribution is -2.50. The number of aryl methyl sites for hydroxylation is 2. The molecule has 0 saturated carbocycles. The zero-order valence-electron chi connectivity index (χ0n) is 14.2. The Morgan fingerprint density at radius 1 is 1.25 bits per heavy atom. The van der Waals surface area contributed by atoms with Gasteiger partial charge in [-0.25, -0.2) is 4.98 Å². The number of hydrogen-bond acceptors (Lipinski definition) is 5. The molecule has 1 aliphatic rings. The highest BCUT2D eigenvalue weighted by atomic mass is 16.2. The number of amides is 2. The summed E-state index contributed by atoms with van der Waals surface area (Å²) in [6, 6.07) is 1.86. The zero-order chi connectivity index (χ0) is 17.3. The van der Waals surface area contributed by atoms with Crippen molar-refractivity contribution < 1.29 is 9.59 Å². The number of nitrogens with one attached hydrogen (secondary N) is 1. The highest BCUT2D eigenvalue weighted by Gasteiger charge is 2.24. The van der Waals surface area contributed by atoms with Crippen molar-refractivity contribution in [2.45, 2.75) is 6.92 Å². The summed E-state index contributed by atoms with van der Waals surface area (Å²) in [7, 11) is 3.47. The molecule has 8 nitrogen and oxygen atoms in total. The first kappa shape index (κ1) is 16.4. The van der Waals surface area contributed by atoms with E-state index in [9.17, 15) is 9.59 Å². The van der Waals surface area contributed by atoms with Gasteiger partial charge < -0.3 is 10.2 Å². The zero-order valence-corrected chi connectivity index (χ0v) is 14.2. The maximum atomic E-state index is 12.7. The minimum atomic E-state index is -0.0211. The Morgan fingerprint density at radius 2 is 1.96 bits per heavy atom. The predicted octanol–water partition coefficient (Wildman–Crippen LogP) is -0.219. The van der Waals surface area contributed by atoms with Crippen LogP contribution < -0.4 is 5.32 Å². The number of carbonyl (C=O) groups excluding carboxylic acids is 2. The molecule has 24 heavy (non-hydrogen) atoms. The van der Waals surface area contributed by atoms with E-state index in [1.54, 1.807) is 17.9 Å². The van der Waals surface area contributed by atoms with Gasteiger partial charge in [-0.2, -0.15) is 5.10 Å². The van der Waals surface area contributed by atoms with Gasteiger partial charge in [-0.05, 0) is 13.0 Å². The summed E-state index contributed by atoms with van der Waals surface area (Å²) in [5, 5.41) is 7.86. The first-order chi connectivity index (χ1) is 11.5. The summed E-state index contributed by atoms with van der Waals surface area (Å²) in [5.41, 5.74) is 2.22. The molecule has 2 amide bonds. The van der Waals surface area contributed by atoms with E-state index in [2.05, 4.69) is 20.3 Å². The van der Waals surface area contributed by atoms with Gasteiger partial charge in [-0.1, -0.05) is 0 Å². The maximum absolute atomic E-state index is 12.7. The van der Waals surface area contributed by atoms with Crippen LogP contribution in [-0.4, -0.2) is 76.2 Å². The van der Waals surface area contributed by atoms with Crippen molar-refractivity contribution in [3.63, 3.8) is 0 Å². The number of nitrogens with zero attached hydrogens (tertiary/aromatic N) is 5. The first-order valence-corrected chi connectivity index (χ1v) is 8.01. The van der Waals surface area contributed by atoms with Gasteiger partial charge in [0, 0.05) is 51.9 Å². The molecular formula is C16H22N6O2. The fourth-order valence-electron chi connectivity index (χ4n) is 3.00. The molecule has 1 saturated heterocycles. The molecule has 0 aliphatic carbocycles. The van der Waals surface area contributed by atoms with E-state index in [1.165, 1.54) is 0 Å². The number of piperazine rings is 1. The van der Waals surface area contributed by atoms with Gasteiger partial charge in [0.2, 0.25) is 5.91 Å². The summed E-state index contributed by atoms with van der Waals surface area (Å²) >= 11 is 0. The number of likely N-dealkylation sites (N-methyl/N-ethyl adjacent to an activating group) is 1. The van der Waals surface area contributed by atoms with Crippen molar-refractivity contribution in [2.24, 2.45) is 7.05 Å². The van der Waals surface area contributed by atoms with Crippen LogP contribution in [0.3, 0.4) is 0 Å². The van der Waals surface area contributed by atoms with Gasteiger partial charge in [0.05, 0.1) is 17.8 Å². The smallest absolute Gasteiger partial charge is 0.255 e. The van der Waals surface area contributed by atoms with Crippen LogP contribution in [0.4, 0.5) is 0 Å². The topological polar surface area (TPSA) is 83.4 Å². The molecule has 1 aliphatic heterocycles. The highest BCUT2D eigenvalue weighted by Crippen LogP contribution is 2.18. The van der Waals surface area contributed by atoms with Crippen molar-refractivity contribution in [2.75, 3.05) is 39.8 Å². The Kier molecular flexibility index (Phi) is 4.48. The molecule has 3 rings (SSSR count). The summed E-state index contributed by atoms with van der Waals surface area (Å²) < 4.78 is 1.72. The van der Waals surface area contributed by atoms with E-state index in [0.29, 0.717) is 38.3 Å². The molecule has 0 aromatic carbocycles. The lowest BCUT2D eigenvalue weighted by molar-refractivity contribution is -0.122. The normalized spacial score (nSPS) is 15.7. The van der Waals surface area contributed by atoms with Crippen LogP contribution in [0.15, 0.2) is 12.3 Å². The summed E-state index contributed by atoms with van der Waals surface area (Å²) in [6.07, 6.45) is 1.61. The van der Waals surface area contributed by atoms with Crippen LogP contribution in [-0.2, 0) is 11.8 Å². The molecule has 1 N–H and O–H groups in total. The fraction of sp³-hybridized carbons (Fsp3) is 0.500. The van der Waals surface area contributed by atoms with Crippen molar-refractivity contribution in [3.05, 3.63) is 23.5 Å². The Morgan fingerprint density at radius 3 is 2.62 bits per heavy atom. The number of hydrogen-bond donors (Lipinski definition) is 1. The molecule has 3 heterocycles. The molecular weight excluding hydrogens is 308 g/mol. The van der Waals surface area contributed by atoms with Gasteiger partial charge in [-0.15, -0.1) is 0 Å². The standard InChI is InChI=1S/C16H22N6O2/c1-11-13-8-12(9-18-15(13)20(3)19-11)16(24)22-6-4-21(5-7-22)10-14(23)17-2/h8-9H,4-7,10H2,1-3H3,(H,17,23). The van der Waals surface area contributed by atoms with E-state index in [-0.39, 0.29) is 11.8 Å². The number of carbonyl (C=O) groups is 2. The second kappa shape index (κ2) is 6.56. The third-order valence-corrected chi connectivity index (χ3v) is 4.42. The molecule has 0 radical (unpaired) electrons. The molecule has 128 valence electrons. The van der Waals surface area contributed by atoms with Gasteiger partial charge in [0.15, 0.2) is 5.65 Å². The van der Waals surface area contributed by atoms with E-state index in [1.807, 2.05) is 24.9 Å². The first-order valence-electron chi connectivity index (χ1n) is 8.01. The largest absolute Gasteiger partial charge is 0.358 e. The Hall–Kier alpha value is -2.48. The van der Waals surface area contributed by atoms with E-state index in [0.717, 1.165) is 16.7 Å². The molecule has 8 heteroatoms. The van der Waals surface area contributed by atoms with Crippen molar-refractivity contribution >= 4 is 22.8 Å². The highest BCUT2D eigenvalue weighted by molar-refractivity contribution is 5.97. The minimum absolute atomic E-state index is 0.00326. The van der Waals surface area contributed by atoms with Crippen molar-refractivity contribution in [1.29, 1.82) is 0 Å². The lowest BCUT2D eigenvalue weighted by atomic mass is 10.1. The second-order valence-electron chi connectivity index (χ2n) is 6.05. The van der Waals surface area contributed by atoms with Gasteiger partial charge >= 0.3 is 0 Å². The van der Waals surface area contributed by atoms with Crippen LogP contribution in [0.25, 0.3) is 11.0 Å². The molecule has 0 bridgehead atoms. The Balaban J connectivity index is 1.69. The summed E-state index contributed by atoms with van der Waals surface area (Å²) in [4.78, 5) is 32.4. The van der Waals surface area contributed by atoms with E-state index in [4.69, 9.17) is 0 Å². The number of pyridine rings is 1. The number of rotatable bonds is 3. The predicted molar refractivity (Wildman–Crippen MR) is 89.7 cm³/mol. The van der Waals surface area contributed by atoms with Crippen LogP contribution >= 0.6 is 0 Å². The minimum Gasteiger partial charge on any atom is -0.358 e. The molecule has 2 aromatic rings. The average molecular weight is 330 g/mol. The quantitative estimate of drug-likeness (QED) is 0.841. The average Bonchev–Trinajstić information content (AvgIpc) is 2.88. The van der Waals surface area contributed by atoms with Crippen molar-refractivity contribution in [1.82, 2.24) is 29.9 Å². The molecule has 1 fully saturated rings. The molecule has 2 aromatic heterocycles. The monoisotopic (exact) mass is 330 g/mol. The SMILES string of the molecule is CNC(=O)CN1CCN(C(=O)c2cnc3c(c2)c(C)nn3C)CC1. The van der Waals surface area contributed by atoms with E-state index < -0.39 is 0 Å². The van der Waals surface area contributed by atoms with Gasteiger partial charge in [0.1, 0.15) is 0 Å². The van der Waals surface area contributed by atoms with Crippen LogP contribution in [0, 0.1) is 6.92 Å². The maximum Gasteiger partial charge on any atom is 0.255 e. The number of aromatic nitrogens is 3. The summed E-state index contributed by atoms with van der Waals surface area (Å²) in [5.74, 6) is -0.0243. The molecule has 0 atom stereocenters. The number of fused-ring (bicyclic) bond motifs is 1. The molecule has 0 spiro atoms. The van der Waals surface area contributed by atoms with Crippen molar-refractivity contribution in [3.8, 4) is 0 Å². The van der Waals surface area contributed by atoms with E-state index >= 15 is 0 Å².